The van der Waals surface area contributed by atoms with Gasteiger partial charge in [-0.3, -0.25) is 0 Å². The van der Waals surface area contributed by atoms with Crippen LogP contribution in [0.25, 0.3) is 0 Å². The molecule has 0 radical (unpaired) electrons. The normalized spacial score (nSPS) is 9.35. The van der Waals surface area contributed by atoms with Gasteiger partial charge in [-0.2, -0.15) is 0 Å². The van der Waals surface area contributed by atoms with E-state index in [9.17, 15) is 9.59 Å². The first-order valence-electron chi connectivity index (χ1n) is 6.36. The molecule has 0 fully saturated rings. The van der Waals surface area contributed by atoms with Crippen LogP contribution in [0.3, 0.4) is 0 Å². The lowest BCUT2D eigenvalue weighted by Crippen LogP contribution is -2.09. The Kier molecular flexibility index (Phi) is 8.34. The van der Waals surface area contributed by atoms with Crippen LogP contribution in [0.15, 0.2) is 0 Å². The van der Waals surface area contributed by atoms with Gasteiger partial charge >= 0.3 is 23.9 Å². The Hall–Kier alpha value is -2.62. The van der Waals surface area contributed by atoms with Crippen LogP contribution in [0.4, 0.5) is 5.00 Å². The highest BCUT2D eigenvalue weighted by molar-refractivity contribution is 7.18. The van der Waals surface area contributed by atoms with Crippen LogP contribution < -0.4 is 5.73 Å². The van der Waals surface area contributed by atoms with E-state index in [0.717, 1.165) is 11.3 Å². The number of nitrogens with two attached hydrogens (primary N) is 1. The second kappa shape index (κ2) is 9.41. The van der Waals surface area contributed by atoms with Crippen molar-refractivity contribution in [2.24, 2.45) is 0 Å². The maximum absolute atomic E-state index is 11.6. The number of anilines is 1. The van der Waals surface area contributed by atoms with Gasteiger partial charge in [0.15, 0.2) is 0 Å². The molecule has 0 aliphatic heterocycles. The van der Waals surface area contributed by atoms with E-state index in [4.69, 9.17) is 35.0 Å². The van der Waals surface area contributed by atoms with Crippen LogP contribution >= 0.6 is 11.3 Å². The predicted octanol–water partition coefficient (Wildman–Crippen LogP) is 1.15. The number of carbonyl (C=O) groups excluding carboxylic acids is 2. The Balaban J connectivity index is 0.000000688. The molecule has 0 spiro atoms. The molecule has 0 aliphatic rings. The summed E-state index contributed by atoms with van der Waals surface area (Å²) in [7, 11) is 0. The van der Waals surface area contributed by atoms with Crippen LogP contribution in [-0.2, 0) is 19.1 Å². The average molecular weight is 347 g/mol. The molecule has 1 aromatic rings. The van der Waals surface area contributed by atoms with Gasteiger partial charge in [0.2, 0.25) is 0 Å². The van der Waals surface area contributed by atoms with Gasteiger partial charge in [-0.1, -0.05) is 0 Å². The Morgan fingerprint density at radius 3 is 1.83 bits per heavy atom. The maximum atomic E-state index is 11.6. The fraction of sp³-hybridized carbons (Fsp3) is 0.385. The molecule has 0 saturated heterocycles. The molecule has 0 aliphatic carbocycles. The number of esters is 2. The van der Waals surface area contributed by atoms with E-state index in [-0.39, 0.29) is 23.8 Å². The van der Waals surface area contributed by atoms with Crippen molar-refractivity contribution in [2.45, 2.75) is 20.8 Å². The third kappa shape index (κ3) is 5.94. The first-order valence-corrected chi connectivity index (χ1v) is 7.18. The van der Waals surface area contributed by atoms with Crippen molar-refractivity contribution in [3.05, 3.63) is 16.0 Å². The van der Waals surface area contributed by atoms with Gasteiger partial charge in [-0.05, 0) is 26.3 Å². The molecule has 9 nitrogen and oxygen atoms in total. The molecule has 23 heavy (non-hydrogen) atoms. The van der Waals surface area contributed by atoms with Crippen molar-refractivity contribution in [1.82, 2.24) is 0 Å². The van der Waals surface area contributed by atoms with Crippen LogP contribution in [0.1, 0.15) is 39.4 Å². The Morgan fingerprint density at radius 1 is 1.00 bits per heavy atom. The smallest absolute Gasteiger partial charge is 0.414 e. The molecule has 0 bridgehead atoms. The summed E-state index contributed by atoms with van der Waals surface area (Å²) < 4.78 is 9.76. The Bertz CT molecular complexity index is 595. The summed E-state index contributed by atoms with van der Waals surface area (Å²) in [6.07, 6.45) is 0. The molecule has 0 saturated carbocycles. The summed E-state index contributed by atoms with van der Waals surface area (Å²) in [4.78, 5) is 41.8. The monoisotopic (exact) mass is 347 g/mol. The molecular formula is C13H17NO8S. The Morgan fingerprint density at radius 2 is 1.43 bits per heavy atom. The van der Waals surface area contributed by atoms with Crippen LogP contribution in [-0.4, -0.2) is 47.3 Å². The first-order chi connectivity index (χ1) is 10.7. The van der Waals surface area contributed by atoms with Crippen molar-refractivity contribution < 1.29 is 38.9 Å². The molecule has 0 unspecified atom stereocenters. The minimum Gasteiger partial charge on any atom is -0.473 e. The molecule has 128 valence electrons. The lowest BCUT2D eigenvalue weighted by molar-refractivity contribution is -0.159. The first kappa shape index (κ1) is 20.4. The van der Waals surface area contributed by atoms with Crippen molar-refractivity contribution in [3.63, 3.8) is 0 Å². The second-order valence-corrected chi connectivity index (χ2v) is 4.90. The van der Waals surface area contributed by atoms with Gasteiger partial charge in [-0.25, -0.2) is 19.2 Å². The zero-order valence-corrected chi connectivity index (χ0v) is 13.6. The fourth-order valence-electron chi connectivity index (χ4n) is 1.38. The molecule has 0 aromatic carbocycles. The zero-order chi connectivity index (χ0) is 18.2. The number of hydrogen-bond acceptors (Lipinski definition) is 8. The highest BCUT2D eigenvalue weighted by Crippen LogP contribution is 2.31. The largest absolute Gasteiger partial charge is 0.473 e. The van der Waals surface area contributed by atoms with Gasteiger partial charge < -0.3 is 25.4 Å². The van der Waals surface area contributed by atoms with E-state index in [1.54, 1.807) is 20.8 Å². The van der Waals surface area contributed by atoms with Crippen LogP contribution in [0.2, 0.25) is 0 Å². The van der Waals surface area contributed by atoms with Crippen molar-refractivity contribution in [3.8, 4) is 0 Å². The average Bonchev–Trinajstić information content (AvgIpc) is 2.75. The van der Waals surface area contributed by atoms with Gasteiger partial charge in [0.05, 0.1) is 18.8 Å². The lowest BCUT2D eigenvalue weighted by atomic mass is 10.1. The van der Waals surface area contributed by atoms with Crippen molar-refractivity contribution >= 4 is 40.2 Å². The summed E-state index contributed by atoms with van der Waals surface area (Å²) in [5.41, 5.74) is 6.50. The topological polar surface area (TPSA) is 153 Å². The van der Waals surface area contributed by atoms with Gasteiger partial charge in [-0.15, -0.1) is 11.3 Å². The van der Waals surface area contributed by atoms with E-state index in [0.29, 0.717) is 10.4 Å². The molecule has 0 atom stereocenters. The summed E-state index contributed by atoms with van der Waals surface area (Å²) in [6, 6.07) is 0. The molecular weight excluding hydrogens is 330 g/mol. The van der Waals surface area contributed by atoms with Gasteiger partial charge in [0, 0.05) is 0 Å². The number of aliphatic carboxylic acids is 2. The zero-order valence-electron chi connectivity index (χ0n) is 12.7. The molecule has 1 heterocycles. The molecule has 4 N–H and O–H groups in total. The fourth-order valence-corrected chi connectivity index (χ4v) is 2.34. The highest BCUT2D eigenvalue weighted by Gasteiger charge is 2.24. The number of carboxylic acids is 2. The molecule has 1 rings (SSSR count). The van der Waals surface area contributed by atoms with Crippen molar-refractivity contribution in [2.75, 3.05) is 18.9 Å². The van der Waals surface area contributed by atoms with E-state index >= 15 is 0 Å². The number of nitrogen functional groups attached to an aromatic ring is 1. The van der Waals surface area contributed by atoms with E-state index in [2.05, 4.69) is 0 Å². The van der Waals surface area contributed by atoms with E-state index < -0.39 is 23.9 Å². The van der Waals surface area contributed by atoms with Crippen LogP contribution in [0.5, 0.6) is 0 Å². The summed E-state index contributed by atoms with van der Waals surface area (Å²) >= 11 is 1.05. The van der Waals surface area contributed by atoms with Gasteiger partial charge in [0.1, 0.15) is 9.88 Å². The quantitative estimate of drug-likeness (QED) is 0.537. The Labute approximate surface area is 135 Å². The predicted molar refractivity (Wildman–Crippen MR) is 80.7 cm³/mol. The number of carboxylic acid groups (broad SMARTS) is 2. The van der Waals surface area contributed by atoms with Gasteiger partial charge in [0.25, 0.3) is 0 Å². The third-order valence-corrected chi connectivity index (χ3v) is 3.40. The SMILES string of the molecule is CCOC(=O)c1sc(N)c(C(=O)OCC)c1C.O=C(O)C(=O)O. The number of ether oxygens (including phenoxy) is 2. The lowest BCUT2D eigenvalue weighted by Gasteiger charge is -2.02. The van der Waals surface area contributed by atoms with E-state index in [1.165, 1.54) is 0 Å². The number of thiophene rings is 1. The molecule has 10 heteroatoms. The molecule has 0 amide bonds. The van der Waals surface area contributed by atoms with E-state index in [1.807, 2.05) is 0 Å². The summed E-state index contributed by atoms with van der Waals surface area (Å²) in [6.45, 7) is 5.64. The highest BCUT2D eigenvalue weighted by atomic mass is 32.1. The number of carbonyl (C=O) groups is 4. The summed E-state index contributed by atoms with van der Waals surface area (Å²) in [5, 5.41) is 15.1. The minimum atomic E-state index is -1.82. The van der Waals surface area contributed by atoms with Crippen LogP contribution in [0, 0.1) is 6.92 Å². The second-order valence-electron chi connectivity index (χ2n) is 3.85. The number of hydrogen-bond donors (Lipinski definition) is 3. The minimum absolute atomic E-state index is 0.264. The number of rotatable bonds is 4. The summed E-state index contributed by atoms with van der Waals surface area (Å²) in [5.74, 6) is -4.61. The third-order valence-electron chi connectivity index (χ3n) is 2.30. The standard InChI is InChI=1S/C11H15NO4S.C2H2O4/c1-4-15-10(13)7-6(3)8(17-9(7)12)11(14)16-5-2;3-1(4)2(5)6/h4-5,12H2,1-3H3;(H,3,4)(H,5,6). The molecule has 1 aromatic heterocycles. The van der Waals surface area contributed by atoms with Crippen molar-refractivity contribution in [1.29, 1.82) is 0 Å². The maximum Gasteiger partial charge on any atom is 0.414 e.